The summed E-state index contributed by atoms with van der Waals surface area (Å²) in [7, 11) is 0. The largest absolute Gasteiger partial charge is 0.0622 e. The van der Waals surface area contributed by atoms with Gasteiger partial charge in [-0.25, -0.2) is 0 Å². The van der Waals surface area contributed by atoms with Gasteiger partial charge >= 0.3 is 0 Å². The average molecular weight is 429 g/mol. The first-order chi connectivity index (χ1) is 16.9. The Hall–Kier alpha value is -4.42. The molecule has 0 bridgehead atoms. The van der Waals surface area contributed by atoms with E-state index in [1.807, 2.05) is 0 Å². The molecule has 0 aliphatic rings. The van der Waals surface area contributed by atoms with Gasteiger partial charge in [0.05, 0.1) is 0 Å². The summed E-state index contributed by atoms with van der Waals surface area (Å²) in [6.45, 7) is 0. The summed E-state index contributed by atoms with van der Waals surface area (Å²) in [6.07, 6.45) is 0. The molecule has 0 radical (unpaired) electrons. The molecule has 8 aromatic rings. The number of fused-ring (bicyclic) bond motifs is 6. The quantitative estimate of drug-likeness (QED) is 0.180. The Morgan fingerprint density at radius 2 is 0.794 bits per heavy atom. The first-order valence-electron chi connectivity index (χ1n) is 11.9. The third-order valence-corrected chi connectivity index (χ3v) is 7.55. The van der Waals surface area contributed by atoms with Crippen molar-refractivity contribution in [3.63, 3.8) is 0 Å². The van der Waals surface area contributed by atoms with Crippen LogP contribution in [0.2, 0.25) is 0 Å². The summed E-state index contributed by atoms with van der Waals surface area (Å²) in [5, 5.41) is 16.0. The molecule has 0 aliphatic carbocycles. The second-order valence-corrected chi connectivity index (χ2v) is 9.33. The zero-order valence-electron chi connectivity index (χ0n) is 18.5. The standard InChI is InChI=1S/C34H20/c1-2-8-21(9-3-1)22-16-17-26-24(18-22)20-32-31-19-23-10-4-5-11-25(23)27-12-6-14-29(33(27)31)30-15-7-13-28(26)34(30)32/h1-20H. The second-order valence-electron chi connectivity index (χ2n) is 9.33. The van der Waals surface area contributed by atoms with E-state index in [2.05, 4.69) is 121 Å². The smallest absolute Gasteiger partial charge is 0.00199 e. The maximum atomic E-state index is 2.42. The van der Waals surface area contributed by atoms with Crippen LogP contribution in [0.5, 0.6) is 0 Å². The minimum Gasteiger partial charge on any atom is -0.0622 e. The van der Waals surface area contributed by atoms with Crippen LogP contribution in [-0.4, -0.2) is 0 Å². The Morgan fingerprint density at radius 3 is 1.50 bits per heavy atom. The van der Waals surface area contributed by atoms with Gasteiger partial charge in [0.2, 0.25) is 0 Å². The van der Waals surface area contributed by atoms with Gasteiger partial charge in [0, 0.05) is 0 Å². The molecule has 0 saturated heterocycles. The Balaban J connectivity index is 1.62. The molecule has 0 N–H and O–H groups in total. The number of hydrogen-bond acceptors (Lipinski definition) is 0. The minimum absolute atomic E-state index is 1.25. The zero-order valence-corrected chi connectivity index (χ0v) is 18.5. The Kier molecular flexibility index (Phi) is 3.48. The molecule has 0 amide bonds. The predicted octanol–water partition coefficient (Wildman–Crippen LogP) is 9.71. The highest BCUT2D eigenvalue weighted by atomic mass is 14.2. The topological polar surface area (TPSA) is 0 Å². The van der Waals surface area contributed by atoms with Crippen LogP contribution < -0.4 is 0 Å². The van der Waals surface area contributed by atoms with Crippen molar-refractivity contribution in [3.8, 4) is 11.1 Å². The lowest BCUT2D eigenvalue weighted by Gasteiger charge is -2.17. The highest BCUT2D eigenvalue weighted by molar-refractivity contribution is 6.38. The number of benzene rings is 8. The molecular weight excluding hydrogens is 408 g/mol. The highest BCUT2D eigenvalue weighted by Gasteiger charge is 2.16. The van der Waals surface area contributed by atoms with Gasteiger partial charge in [-0.15, -0.1) is 0 Å². The first kappa shape index (κ1) is 18.1. The molecule has 0 saturated carbocycles. The summed E-state index contributed by atoms with van der Waals surface area (Å²) in [6, 6.07) is 44.8. The van der Waals surface area contributed by atoms with Gasteiger partial charge in [-0.1, -0.05) is 103 Å². The normalized spacial score (nSPS) is 12.1. The third kappa shape index (κ3) is 2.32. The lowest BCUT2D eigenvalue weighted by molar-refractivity contribution is 1.65. The van der Waals surface area contributed by atoms with Gasteiger partial charge in [0.15, 0.2) is 0 Å². The molecule has 0 spiro atoms. The van der Waals surface area contributed by atoms with Gasteiger partial charge in [-0.05, 0) is 94.0 Å². The van der Waals surface area contributed by atoms with E-state index in [1.54, 1.807) is 0 Å². The van der Waals surface area contributed by atoms with Crippen LogP contribution in [0.3, 0.4) is 0 Å². The van der Waals surface area contributed by atoms with Crippen LogP contribution >= 0.6 is 0 Å². The molecule has 34 heavy (non-hydrogen) atoms. The van der Waals surface area contributed by atoms with Crippen molar-refractivity contribution in [2.24, 2.45) is 0 Å². The summed E-state index contributed by atoms with van der Waals surface area (Å²) < 4.78 is 0. The highest BCUT2D eigenvalue weighted by Crippen LogP contribution is 2.45. The Morgan fingerprint density at radius 1 is 0.265 bits per heavy atom. The van der Waals surface area contributed by atoms with Crippen molar-refractivity contribution in [1.29, 1.82) is 0 Å². The van der Waals surface area contributed by atoms with E-state index in [1.165, 1.54) is 75.8 Å². The molecule has 0 heteroatoms. The van der Waals surface area contributed by atoms with Crippen LogP contribution in [-0.2, 0) is 0 Å². The molecule has 0 aromatic heterocycles. The fraction of sp³-hybridized carbons (Fsp3) is 0. The van der Waals surface area contributed by atoms with Crippen LogP contribution in [0.25, 0.3) is 75.8 Å². The van der Waals surface area contributed by atoms with E-state index >= 15 is 0 Å². The molecule has 0 fully saturated rings. The van der Waals surface area contributed by atoms with Crippen molar-refractivity contribution in [2.45, 2.75) is 0 Å². The Bertz CT molecular complexity index is 2050. The van der Waals surface area contributed by atoms with E-state index in [9.17, 15) is 0 Å². The fourth-order valence-electron chi connectivity index (χ4n) is 6.07. The van der Waals surface area contributed by atoms with Gasteiger partial charge in [-0.3, -0.25) is 0 Å². The van der Waals surface area contributed by atoms with Gasteiger partial charge in [0.25, 0.3) is 0 Å². The maximum absolute atomic E-state index is 2.42. The van der Waals surface area contributed by atoms with Gasteiger partial charge < -0.3 is 0 Å². The van der Waals surface area contributed by atoms with Crippen LogP contribution in [0.4, 0.5) is 0 Å². The SMILES string of the molecule is c1ccc(-c2ccc3c(c2)cc2c4cc5ccccc5c5cccc(c6cccc3c62)c54)cc1. The van der Waals surface area contributed by atoms with Crippen molar-refractivity contribution in [1.82, 2.24) is 0 Å². The second kappa shape index (κ2) is 6.56. The van der Waals surface area contributed by atoms with E-state index in [4.69, 9.17) is 0 Å². The van der Waals surface area contributed by atoms with Crippen LogP contribution in [0.1, 0.15) is 0 Å². The summed E-state index contributed by atoms with van der Waals surface area (Å²) in [5.74, 6) is 0. The maximum Gasteiger partial charge on any atom is -0.00199 e. The average Bonchev–Trinajstić information content (AvgIpc) is 2.91. The van der Waals surface area contributed by atoms with E-state index < -0.39 is 0 Å². The molecule has 156 valence electrons. The molecule has 0 atom stereocenters. The van der Waals surface area contributed by atoms with Crippen LogP contribution in [0, 0.1) is 0 Å². The van der Waals surface area contributed by atoms with Gasteiger partial charge in [0.1, 0.15) is 0 Å². The van der Waals surface area contributed by atoms with E-state index in [0.717, 1.165) is 0 Å². The lowest BCUT2D eigenvalue weighted by Crippen LogP contribution is -1.89. The minimum atomic E-state index is 1.25. The van der Waals surface area contributed by atoms with Crippen molar-refractivity contribution in [3.05, 3.63) is 121 Å². The first-order valence-corrected chi connectivity index (χ1v) is 11.9. The molecule has 0 unspecified atom stereocenters. The molecular formula is C34H20. The van der Waals surface area contributed by atoms with E-state index in [0.29, 0.717) is 0 Å². The molecule has 8 aromatic carbocycles. The van der Waals surface area contributed by atoms with Crippen molar-refractivity contribution < 1.29 is 0 Å². The summed E-state index contributed by atoms with van der Waals surface area (Å²) in [4.78, 5) is 0. The van der Waals surface area contributed by atoms with Crippen molar-refractivity contribution >= 4 is 64.6 Å². The zero-order chi connectivity index (χ0) is 22.2. The monoisotopic (exact) mass is 428 g/mol. The van der Waals surface area contributed by atoms with Crippen LogP contribution in [0.15, 0.2) is 121 Å². The fourth-order valence-corrected chi connectivity index (χ4v) is 6.07. The van der Waals surface area contributed by atoms with Crippen molar-refractivity contribution in [2.75, 3.05) is 0 Å². The molecule has 8 rings (SSSR count). The molecule has 0 nitrogen and oxygen atoms in total. The lowest BCUT2D eigenvalue weighted by atomic mass is 9.86. The van der Waals surface area contributed by atoms with Gasteiger partial charge in [-0.2, -0.15) is 0 Å². The number of hydrogen-bond donors (Lipinski definition) is 0. The number of rotatable bonds is 1. The summed E-state index contributed by atoms with van der Waals surface area (Å²) in [5.41, 5.74) is 2.51. The Labute approximate surface area is 197 Å². The molecule has 0 heterocycles. The third-order valence-electron chi connectivity index (χ3n) is 7.55. The predicted molar refractivity (Wildman–Crippen MR) is 148 cm³/mol. The van der Waals surface area contributed by atoms with E-state index in [-0.39, 0.29) is 0 Å². The summed E-state index contributed by atoms with van der Waals surface area (Å²) >= 11 is 0. The molecule has 0 aliphatic heterocycles.